The lowest BCUT2D eigenvalue weighted by molar-refractivity contribution is 0.273. The normalized spacial score (nSPS) is 15.2. The van der Waals surface area contributed by atoms with E-state index in [9.17, 15) is 0 Å². The summed E-state index contributed by atoms with van der Waals surface area (Å²) in [5.74, 6) is 0. The highest BCUT2D eigenvalue weighted by Gasteiger charge is 2.26. The van der Waals surface area contributed by atoms with Gasteiger partial charge in [0.25, 0.3) is 0 Å². The maximum absolute atomic E-state index is 2.64. The maximum Gasteiger partial charge on any atom is 0.105 e. The number of para-hydroxylation sites is 1. The molecule has 0 aliphatic carbocycles. The van der Waals surface area contributed by atoms with Crippen molar-refractivity contribution >= 4 is 5.69 Å². The lowest BCUT2D eigenvalue weighted by Gasteiger charge is -2.33. The van der Waals surface area contributed by atoms with Crippen molar-refractivity contribution in [3.8, 4) is 0 Å². The molecule has 2 nitrogen and oxygen atoms in total. The Morgan fingerprint density at radius 1 is 0.486 bits per heavy atom. The van der Waals surface area contributed by atoms with Gasteiger partial charge >= 0.3 is 0 Å². The van der Waals surface area contributed by atoms with Gasteiger partial charge in [-0.05, 0) is 31.4 Å². The third kappa shape index (κ3) is 14.9. The fourth-order valence-corrected chi connectivity index (χ4v) is 5.85. The first-order valence-electron chi connectivity index (χ1n) is 16.6. The molecule has 1 aliphatic rings. The van der Waals surface area contributed by atoms with E-state index < -0.39 is 0 Å². The highest BCUT2D eigenvalue weighted by Crippen LogP contribution is 2.28. The summed E-state index contributed by atoms with van der Waals surface area (Å²) in [5.41, 5.74) is 1.34. The molecule has 0 spiro atoms. The SMILES string of the molecule is CCCCCCCCCCCCCCCN1C=CN(c2ccccc2)C1CCCCCCCCCCC. The number of hydrogen-bond donors (Lipinski definition) is 0. The molecule has 0 saturated heterocycles. The zero-order valence-electron chi connectivity index (χ0n) is 25.0. The topological polar surface area (TPSA) is 6.48 Å². The molecule has 0 bridgehead atoms. The second-order valence-electron chi connectivity index (χ2n) is 11.6. The predicted octanol–water partition coefficient (Wildman–Crippen LogP) is 11.6. The van der Waals surface area contributed by atoms with Crippen molar-refractivity contribution in [3.63, 3.8) is 0 Å². The molecule has 0 amide bonds. The van der Waals surface area contributed by atoms with E-state index in [0.717, 1.165) is 0 Å². The zero-order valence-corrected chi connectivity index (χ0v) is 25.0. The molecule has 0 saturated carbocycles. The van der Waals surface area contributed by atoms with Gasteiger partial charge in [-0.25, -0.2) is 0 Å². The summed E-state index contributed by atoms with van der Waals surface area (Å²) < 4.78 is 0. The van der Waals surface area contributed by atoms with Gasteiger partial charge in [-0.15, -0.1) is 0 Å². The summed E-state index contributed by atoms with van der Waals surface area (Å²) in [5, 5.41) is 0. The fourth-order valence-electron chi connectivity index (χ4n) is 5.85. The minimum absolute atomic E-state index is 0.504. The third-order valence-electron chi connectivity index (χ3n) is 8.26. The van der Waals surface area contributed by atoms with Crippen LogP contribution >= 0.6 is 0 Å². The van der Waals surface area contributed by atoms with Gasteiger partial charge in [0.1, 0.15) is 6.17 Å². The fraction of sp³-hybridized carbons (Fsp3) is 0.771. The maximum atomic E-state index is 2.64. The van der Waals surface area contributed by atoms with E-state index in [1.807, 2.05) is 0 Å². The molecule has 0 radical (unpaired) electrons. The lowest BCUT2D eigenvalue weighted by Crippen LogP contribution is -2.39. The van der Waals surface area contributed by atoms with Crippen LogP contribution in [-0.4, -0.2) is 17.6 Å². The average molecular weight is 511 g/mol. The van der Waals surface area contributed by atoms with Crippen LogP contribution in [0.3, 0.4) is 0 Å². The zero-order chi connectivity index (χ0) is 26.2. The first kappa shape index (κ1) is 31.8. The molecule has 1 atom stereocenters. The molecule has 1 aromatic carbocycles. The van der Waals surface area contributed by atoms with Crippen LogP contribution in [0, 0.1) is 0 Å². The van der Waals surface area contributed by atoms with Crippen LogP contribution in [0.25, 0.3) is 0 Å². The highest BCUT2D eigenvalue weighted by molar-refractivity contribution is 5.51. The quantitative estimate of drug-likeness (QED) is 0.121. The molecule has 212 valence electrons. The summed E-state index contributed by atoms with van der Waals surface area (Å²) >= 11 is 0. The molecule has 1 aromatic rings. The van der Waals surface area contributed by atoms with Crippen LogP contribution < -0.4 is 4.90 Å². The Balaban J connectivity index is 1.58. The Bertz CT molecular complexity index is 640. The minimum Gasteiger partial charge on any atom is -0.356 e. The standard InChI is InChI=1S/C35H62N2/c1-3-5-7-9-11-13-14-15-16-18-20-22-27-31-36-32-33-37(34-28-24-23-25-29-34)35(36)30-26-21-19-17-12-10-8-6-4-2/h23-25,28-29,32-33,35H,3-22,26-27,30-31H2,1-2H3. The van der Waals surface area contributed by atoms with Gasteiger partial charge in [-0.3, -0.25) is 0 Å². The van der Waals surface area contributed by atoms with Crippen LogP contribution in [0.1, 0.15) is 162 Å². The number of unbranched alkanes of at least 4 members (excludes halogenated alkanes) is 20. The molecule has 0 N–H and O–H groups in total. The van der Waals surface area contributed by atoms with Gasteiger partial charge in [0.15, 0.2) is 0 Å². The van der Waals surface area contributed by atoms with Crippen LogP contribution in [0.15, 0.2) is 42.7 Å². The first-order chi connectivity index (χ1) is 18.4. The van der Waals surface area contributed by atoms with Gasteiger partial charge < -0.3 is 9.80 Å². The van der Waals surface area contributed by atoms with Crippen molar-refractivity contribution in [3.05, 3.63) is 42.7 Å². The van der Waals surface area contributed by atoms with Crippen molar-refractivity contribution in [1.29, 1.82) is 0 Å². The third-order valence-corrected chi connectivity index (χ3v) is 8.26. The monoisotopic (exact) mass is 510 g/mol. The van der Waals surface area contributed by atoms with Crippen LogP contribution in [0.4, 0.5) is 5.69 Å². The smallest absolute Gasteiger partial charge is 0.105 e. The second-order valence-corrected chi connectivity index (χ2v) is 11.6. The van der Waals surface area contributed by atoms with E-state index >= 15 is 0 Å². The van der Waals surface area contributed by atoms with E-state index in [1.165, 1.54) is 160 Å². The molecule has 1 unspecified atom stereocenters. The average Bonchev–Trinajstić information content (AvgIpc) is 3.33. The molecule has 1 heterocycles. The van der Waals surface area contributed by atoms with Crippen molar-refractivity contribution in [1.82, 2.24) is 4.90 Å². The molecule has 2 rings (SSSR count). The van der Waals surface area contributed by atoms with E-state index in [2.05, 4.69) is 66.4 Å². The Morgan fingerprint density at radius 3 is 1.41 bits per heavy atom. The number of rotatable bonds is 25. The van der Waals surface area contributed by atoms with Crippen molar-refractivity contribution in [2.24, 2.45) is 0 Å². The van der Waals surface area contributed by atoms with E-state index in [4.69, 9.17) is 0 Å². The van der Waals surface area contributed by atoms with Gasteiger partial charge in [-0.1, -0.05) is 160 Å². The largest absolute Gasteiger partial charge is 0.356 e. The van der Waals surface area contributed by atoms with E-state index in [1.54, 1.807) is 0 Å². The van der Waals surface area contributed by atoms with Crippen molar-refractivity contribution in [2.75, 3.05) is 11.4 Å². The Labute approximate surface area is 232 Å². The molecule has 0 fully saturated rings. The highest BCUT2D eigenvalue weighted by atomic mass is 15.4. The van der Waals surface area contributed by atoms with E-state index in [0.29, 0.717) is 6.17 Å². The molecule has 37 heavy (non-hydrogen) atoms. The Morgan fingerprint density at radius 2 is 0.919 bits per heavy atom. The summed E-state index contributed by atoms with van der Waals surface area (Å²) in [4.78, 5) is 5.16. The number of nitrogens with zero attached hydrogens (tertiary/aromatic N) is 2. The molecular weight excluding hydrogens is 448 g/mol. The molecule has 2 heteroatoms. The van der Waals surface area contributed by atoms with Gasteiger partial charge in [0.2, 0.25) is 0 Å². The van der Waals surface area contributed by atoms with Gasteiger partial charge in [-0.2, -0.15) is 0 Å². The van der Waals surface area contributed by atoms with Crippen LogP contribution in [-0.2, 0) is 0 Å². The van der Waals surface area contributed by atoms with E-state index in [-0.39, 0.29) is 0 Å². The Hall–Kier alpha value is -1.44. The first-order valence-corrected chi connectivity index (χ1v) is 16.6. The molecule has 1 aliphatic heterocycles. The molecular formula is C35H62N2. The van der Waals surface area contributed by atoms with Crippen LogP contribution in [0.5, 0.6) is 0 Å². The summed E-state index contributed by atoms with van der Waals surface area (Å²) in [7, 11) is 0. The van der Waals surface area contributed by atoms with Gasteiger partial charge in [0.05, 0.1) is 0 Å². The van der Waals surface area contributed by atoms with Crippen molar-refractivity contribution in [2.45, 2.75) is 168 Å². The van der Waals surface area contributed by atoms with Crippen molar-refractivity contribution < 1.29 is 0 Å². The molecule has 0 aromatic heterocycles. The second kappa shape index (κ2) is 22.5. The van der Waals surface area contributed by atoms with Crippen LogP contribution in [0.2, 0.25) is 0 Å². The Kier molecular flexibility index (Phi) is 19.4. The summed E-state index contributed by atoms with van der Waals surface area (Å²) in [6.45, 7) is 5.82. The minimum atomic E-state index is 0.504. The van der Waals surface area contributed by atoms with Gasteiger partial charge in [0, 0.05) is 24.6 Å². The summed E-state index contributed by atoms with van der Waals surface area (Å²) in [6, 6.07) is 11.0. The number of anilines is 1. The summed E-state index contributed by atoms with van der Waals surface area (Å²) in [6.07, 6.45) is 37.7. The number of hydrogen-bond acceptors (Lipinski definition) is 2. The number of benzene rings is 1. The lowest BCUT2D eigenvalue weighted by atomic mass is 10.0. The predicted molar refractivity (Wildman–Crippen MR) is 166 cm³/mol.